The summed E-state index contributed by atoms with van der Waals surface area (Å²) in [6.07, 6.45) is 1.63. The van der Waals surface area contributed by atoms with Crippen molar-refractivity contribution >= 4 is 11.7 Å². The molecule has 0 saturated heterocycles. The molecule has 1 heterocycles. The van der Waals surface area contributed by atoms with Gasteiger partial charge in [-0.15, -0.1) is 0 Å². The molecule has 0 aliphatic rings. The lowest BCUT2D eigenvalue weighted by Gasteiger charge is -2.07. The van der Waals surface area contributed by atoms with Crippen molar-refractivity contribution < 1.29 is 9.53 Å². The van der Waals surface area contributed by atoms with Crippen molar-refractivity contribution in [1.29, 1.82) is 5.26 Å². The van der Waals surface area contributed by atoms with Gasteiger partial charge in [-0.25, -0.2) is 0 Å². The fourth-order valence-corrected chi connectivity index (χ4v) is 1.93. The average Bonchev–Trinajstić information content (AvgIpc) is 2.83. The van der Waals surface area contributed by atoms with Crippen molar-refractivity contribution in [1.82, 2.24) is 9.78 Å². The van der Waals surface area contributed by atoms with E-state index in [4.69, 9.17) is 10.00 Å². The van der Waals surface area contributed by atoms with Gasteiger partial charge in [-0.2, -0.15) is 10.4 Å². The minimum atomic E-state index is -0.295. The minimum absolute atomic E-state index is 0.0893. The summed E-state index contributed by atoms with van der Waals surface area (Å²) in [5.41, 5.74) is 2.17. The number of carbonyl (C=O) groups is 1. The topological polar surface area (TPSA) is 79.9 Å². The van der Waals surface area contributed by atoms with Crippen LogP contribution in [0, 0.1) is 25.2 Å². The van der Waals surface area contributed by atoms with Crippen molar-refractivity contribution in [2.24, 2.45) is 0 Å². The number of nitrogens with zero attached hydrogens (tertiary/aromatic N) is 3. The van der Waals surface area contributed by atoms with E-state index in [1.54, 1.807) is 12.3 Å². The SMILES string of the molecule is Cc1cc(C)cc(OCC(=O)Nc2ccn(CC#N)n2)c1. The van der Waals surface area contributed by atoms with Crippen LogP contribution in [0.15, 0.2) is 30.5 Å². The molecule has 2 aromatic rings. The van der Waals surface area contributed by atoms with Gasteiger partial charge in [0.1, 0.15) is 12.3 Å². The number of nitrogens with one attached hydrogen (secondary N) is 1. The fourth-order valence-electron chi connectivity index (χ4n) is 1.93. The van der Waals surface area contributed by atoms with E-state index in [-0.39, 0.29) is 19.1 Å². The highest BCUT2D eigenvalue weighted by molar-refractivity contribution is 5.90. The number of hydrogen-bond acceptors (Lipinski definition) is 4. The molecular formula is C15H16N4O2. The summed E-state index contributed by atoms with van der Waals surface area (Å²) in [7, 11) is 0. The second kappa shape index (κ2) is 6.57. The summed E-state index contributed by atoms with van der Waals surface area (Å²) in [4.78, 5) is 11.8. The van der Waals surface area contributed by atoms with Gasteiger partial charge in [-0.1, -0.05) is 6.07 Å². The number of nitriles is 1. The number of ether oxygens (including phenoxy) is 1. The molecule has 0 spiro atoms. The first-order valence-electron chi connectivity index (χ1n) is 6.48. The average molecular weight is 284 g/mol. The first kappa shape index (κ1) is 14.6. The highest BCUT2D eigenvalue weighted by Gasteiger charge is 2.06. The monoisotopic (exact) mass is 284 g/mol. The Hall–Kier alpha value is -2.81. The van der Waals surface area contributed by atoms with Crippen LogP contribution in [-0.4, -0.2) is 22.3 Å². The Labute approximate surface area is 123 Å². The lowest BCUT2D eigenvalue weighted by atomic mass is 10.1. The molecule has 0 atom stereocenters. The molecule has 0 bridgehead atoms. The quantitative estimate of drug-likeness (QED) is 0.911. The molecule has 108 valence electrons. The molecule has 2 rings (SSSR count). The molecule has 0 aliphatic carbocycles. The van der Waals surface area contributed by atoms with Gasteiger partial charge in [0.25, 0.3) is 5.91 Å². The summed E-state index contributed by atoms with van der Waals surface area (Å²) < 4.78 is 6.90. The van der Waals surface area contributed by atoms with Gasteiger partial charge in [-0.05, 0) is 37.1 Å². The van der Waals surface area contributed by atoms with E-state index in [1.807, 2.05) is 38.1 Å². The van der Waals surface area contributed by atoms with Crippen LogP contribution in [0.4, 0.5) is 5.82 Å². The number of amides is 1. The third kappa shape index (κ3) is 4.35. The third-order valence-corrected chi connectivity index (χ3v) is 2.71. The van der Waals surface area contributed by atoms with Gasteiger partial charge in [0.15, 0.2) is 12.4 Å². The Morgan fingerprint density at radius 3 is 2.76 bits per heavy atom. The van der Waals surface area contributed by atoms with Crippen LogP contribution in [0.25, 0.3) is 0 Å². The zero-order valence-electron chi connectivity index (χ0n) is 12.0. The number of aryl methyl sites for hydroxylation is 2. The fraction of sp³-hybridized carbons (Fsp3) is 0.267. The molecule has 6 nitrogen and oxygen atoms in total. The maximum atomic E-state index is 11.8. The van der Waals surface area contributed by atoms with E-state index in [1.165, 1.54) is 4.68 Å². The molecule has 0 radical (unpaired) electrons. The molecule has 0 saturated carbocycles. The van der Waals surface area contributed by atoms with Crippen molar-refractivity contribution in [2.45, 2.75) is 20.4 Å². The molecule has 1 N–H and O–H groups in total. The predicted octanol–water partition coefficient (Wildman–Crippen LogP) is 2.04. The highest BCUT2D eigenvalue weighted by Crippen LogP contribution is 2.16. The smallest absolute Gasteiger partial charge is 0.263 e. The van der Waals surface area contributed by atoms with Crippen molar-refractivity contribution in [2.75, 3.05) is 11.9 Å². The van der Waals surface area contributed by atoms with E-state index in [0.29, 0.717) is 11.6 Å². The van der Waals surface area contributed by atoms with Gasteiger partial charge in [0, 0.05) is 12.3 Å². The predicted molar refractivity (Wildman–Crippen MR) is 77.9 cm³/mol. The number of rotatable bonds is 5. The molecule has 6 heteroatoms. The Kier molecular flexibility index (Phi) is 4.57. The van der Waals surface area contributed by atoms with Crippen LogP contribution in [0.2, 0.25) is 0 Å². The molecule has 0 aliphatic heterocycles. The second-order valence-corrected chi connectivity index (χ2v) is 4.72. The van der Waals surface area contributed by atoms with Crippen LogP contribution in [0.5, 0.6) is 5.75 Å². The van der Waals surface area contributed by atoms with Gasteiger partial charge in [-0.3, -0.25) is 9.48 Å². The van der Waals surface area contributed by atoms with Crippen molar-refractivity contribution in [3.05, 3.63) is 41.6 Å². The van der Waals surface area contributed by atoms with Crippen LogP contribution >= 0.6 is 0 Å². The Bertz CT molecular complexity index is 665. The maximum absolute atomic E-state index is 11.8. The first-order valence-corrected chi connectivity index (χ1v) is 6.48. The van der Waals surface area contributed by atoms with Crippen LogP contribution < -0.4 is 10.1 Å². The lowest BCUT2D eigenvalue weighted by Crippen LogP contribution is -2.20. The largest absolute Gasteiger partial charge is 0.484 e. The molecule has 0 unspecified atom stereocenters. The summed E-state index contributed by atoms with van der Waals surface area (Å²) in [5, 5.41) is 15.2. The Balaban J connectivity index is 1.88. The zero-order valence-corrected chi connectivity index (χ0v) is 12.0. The van der Waals surface area contributed by atoms with Crippen LogP contribution in [0.1, 0.15) is 11.1 Å². The first-order chi connectivity index (χ1) is 10.1. The van der Waals surface area contributed by atoms with E-state index in [9.17, 15) is 4.79 Å². The standard InChI is InChI=1S/C15H16N4O2/c1-11-7-12(2)9-13(8-11)21-10-15(20)17-14-3-5-19(18-14)6-4-16/h3,5,7-9H,6,10H2,1-2H3,(H,17,18,20). The van der Waals surface area contributed by atoms with Crippen LogP contribution in [-0.2, 0) is 11.3 Å². The summed E-state index contributed by atoms with van der Waals surface area (Å²) in [6.45, 7) is 4.01. The van der Waals surface area contributed by atoms with E-state index in [2.05, 4.69) is 10.4 Å². The molecule has 1 amide bonds. The maximum Gasteiger partial charge on any atom is 0.263 e. The Morgan fingerprint density at radius 1 is 1.38 bits per heavy atom. The molecule has 1 aromatic heterocycles. The van der Waals surface area contributed by atoms with E-state index < -0.39 is 0 Å². The molecule has 1 aromatic carbocycles. The van der Waals surface area contributed by atoms with Gasteiger partial charge >= 0.3 is 0 Å². The summed E-state index contributed by atoms with van der Waals surface area (Å²) >= 11 is 0. The van der Waals surface area contributed by atoms with E-state index >= 15 is 0 Å². The minimum Gasteiger partial charge on any atom is -0.484 e. The second-order valence-electron chi connectivity index (χ2n) is 4.72. The Morgan fingerprint density at radius 2 is 2.10 bits per heavy atom. The van der Waals surface area contributed by atoms with Crippen molar-refractivity contribution in [3.8, 4) is 11.8 Å². The normalized spacial score (nSPS) is 9.95. The zero-order chi connectivity index (χ0) is 15.2. The number of carbonyl (C=O) groups excluding carboxylic acids is 1. The van der Waals surface area contributed by atoms with Crippen molar-refractivity contribution in [3.63, 3.8) is 0 Å². The number of aromatic nitrogens is 2. The van der Waals surface area contributed by atoms with Crippen LogP contribution in [0.3, 0.4) is 0 Å². The number of hydrogen-bond donors (Lipinski definition) is 1. The lowest BCUT2D eigenvalue weighted by molar-refractivity contribution is -0.118. The van der Waals surface area contributed by atoms with E-state index in [0.717, 1.165) is 11.1 Å². The highest BCUT2D eigenvalue weighted by atomic mass is 16.5. The number of anilines is 1. The summed E-state index contributed by atoms with van der Waals surface area (Å²) in [5.74, 6) is 0.772. The summed E-state index contributed by atoms with van der Waals surface area (Å²) in [6, 6.07) is 9.39. The molecule has 21 heavy (non-hydrogen) atoms. The van der Waals surface area contributed by atoms with Gasteiger partial charge in [0.2, 0.25) is 0 Å². The molecular weight excluding hydrogens is 268 g/mol. The number of benzene rings is 1. The third-order valence-electron chi connectivity index (χ3n) is 2.71. The van der Waals surface area contributed by atoms with Gasteiger partial charge in [0.05, 0.1) is 6.07 Å². The van der Waals surface area contributed by atoms with Gasteiger partial charge < -0.3 is 10.1 Å². The molecule has 0 fully saturated rings.